The Morgan fingerprint density at radius 3 is 2.88 bits per heavy atom. The van der Waals surface area contributed by atoms with Crippen LogP contribution >= 0.6 is 0 Å². The molecule has 0 fully saturated rings. The Bertz CT molecular complexity index is 910. The minimum absolute atomic E-state index is 0.0713. The summed E-state index contributed by atoms with van der Waals surface area (Å²) >= 11 is 0. The lowest BCUT2D eigenvalue weighted by atomic mass is 10.2. The van der Waals surface area contributed by atoms with Crippen molar-refractivity contribution in [2.75, 3.05) is 17.2 Å². The average Bonchev–Trinajstić information content (AvgIpc) is 2.59. The maximum Gasteiger partial charge on any atom is 0.261 e. The molecule has 8 nitrogen and oxygen atoms in total. The lowest BCUT2D eigenvalue weighted by Crippen LogP contribution is -2.23. The van der Waals surface area contributed by atoms with Crippen molar-refractivity contribution in [3.8, 4) is 0 Å². The highest BCUT2D eigenvalue weighted by atomic mass is 16.3. The first kappa shape index (κ1) is 15.9. The van der Waals surface area contributed by atoms with Crippen LogP contribution in [0, 0.1) is 0 Å². The minimum Gasteiger partial charge on any atom is -0.394 e. The molecule has 0 aliphatic rings. The molecule has 124 valence electrons. The number of pyridine rings is 2. The average molecular weight is 326 g/mol. The van der Waals surface area contributed by atoms with E-state index >= 15 is 0 Å². The van der Waals surface area contributed by atoms with Crippen LogP contribution in [0.1, 0.15) is 6.92 Å². The van der Waals surface area contributed by atoms with Gasteiger partial charge in [0, 0.05) is 31.7 Å². The van der Waals surface area contributed by atoms with Gasteiger partial charge in [0.1, 0.15) is 17.5 Å². The van der Waals surface area contributed by atoms with E-state index in [4.69, 9.17) is 0 Å². The number of aliphatic hydroxyl groups is 1. The maximum atomic E-state index is 12.5. The Kier molecular flexibility index (Phi) is 4.39. The number of hydrogen-bond donors (Lipinski definition) is 3. The predicted octanol–water partition coefficient (Wildman–Crippen LogP) is 1.26. The molecule has 1 atom stereocenters. The van der Waals surface area contributed by atoms with Gasteiger partial charge in [0.25, 0.3) is 5.56 Å². The highest BCUT2D eigenvalue weighted by molar-refractivity contribution is 5.93. The van der Waals surface area contributed by atoms with Gasteiger partial charge in [-0.2, -0.15) is 0 Å². The normalized spacial score (nSPS) is 12.1. The van der Waals surface area contributed by atoms with Gasteiger partial charge in [0.15, 0.2) is 0 Å². The molecule has 3 rings (SSSR count). The summed E-state index contributed by atoms with van der Waals surface area (Å²) in [5.74, 6) is 1.50. The van der Waals surface area contributed by atoms with Gasteiger partial charge in [-0.05, 0) is 24.4 Å². The Labute approximate surface area is 138 Å². The second-order valence-corrected chi connectivity index (χ2v) is 5.50. The number of hydrogen-bond acceptors (Lipinski definition) is 7. The fourth-order valence-corrected chi connectivity index (χ4v) is 2.30. The van der Waals surface area contributed by atoms with Crippen molar-refractivity contribution in [2.45, 2.75) is 13.0 Å². The quantitative estimate of drug-likeness (QED) is 0.648. The third kappa shape index (κ3) is 3.18. The largest absolute Gasteiger partial charge is 0.394 e. The maximum absolute atomic E-state index is 12.5. The van der Waals surface area contributed by atoms with Gasteiger partial charge >= 0.3 is 0 Å². The molecular weight excluding hydrogens is 308 g/mol. The van der Waals surface area contributed by atoms with E-state index in [9.17, 15) is 9.90 Å². The van der Waals surface area contributed by atoms with Gasteiger partial charge in [0.2, 0.25) is 0 Å². The molecule has 0 aromatic carbocycles. The van der Waals surface area contributed by atoms with Crippen LogP contribution in [0.4, 0.5) is 17.5 Å². The second-order valence-electron chi connectivity index (χ2n) is 5.50. The molecule has 0 radical (unpaired) electrons. The number of rotatable bonds is 5. The smallest absolute Gasteiger partial charge is 0.261 e. The van der Waals surface area contributed by atoms with Gasteiger partial charge in [-0.25, -0.2) is 9.97 Å². The zero-order valence-electron chi connectivity index (χ0n) is 13.4. The van der Waals surface area contributed by atoms with Crippen LogP contribution in [0.2, 0.25) is 0 Å². The molecule has 0 amide bonds. The molecule has 0 saturated heterocycles. The lowest BCUT2D eigenvalue weighted by molar-refractivity contribution is 0.281. The van der Waals surface area contributed by atoms with E-state index in [-0.39, 0.29) is 18.2 Å². The number of anilines is 3. The summed E-state index contributed by atoms with van der Waals surface area (Å²) in [4.78, 5) is 25.1. The van der Waals surface area contributed by atoms with Crippen molar-refractivity contribution in [1.29, 1.82) is 0 Å². The summed E-state index contributed by atoms with van der Waals surface area (Å²) in [7, 11) is 1.69. The summed E-state index contributed by atoms with van der Waals surface area (Å²) in [5.41, 5.74) is -0.154. The van der Waals surface area contributed by atoms with E-state index in [1.54, 1.807) is 37.9 Å². The minimum atomic E-state index is -0.239. The summed E-state index contributed by atoms with van der Waals surface area (Å²) < 4.78 is 1.49. The lowest BCUT2D eigenvalue weighted by Gasteiger charge is -2.15. The molecule has 24 heavy (non-hydrogen) atoms. The highest BCUT2D eigenvalue weighted by Gasteiger charge is 2.13. The second kappa shape index (κ2) is 6.63. The van der Waals surface area contributed by atoms with Crippen LogP contribution in [-0.4, -0.2) is 37.3 Å². The van der Waals surface area contributed by atoms with E-state index in [1.165, 1.54) is 4.57 Å². The molecule has 8 heteroatoms. The van der Waals surface area contributed by atoms with Crippen molar-refractivity contribution in [1.82, 2.24) is 19.5 Å². The van der Waals surface area contributed by atoms with E-state index in [0.29, 0.717) is 22.8 Å². The Morgan fingerprint density at radius 1 is 1.33 bits per heavy atom. The van der Waals surface area contributed by atoms with E-state index in [1.807, 2.05) is 13.0 Å². The van der Waals surface area contributed by atoms with Gasteiger partial charge < -0.3 is 20.3 Å². The number of aryl methyl sites for hydroxylation is 1. The first-order valence-electron chi connectivity index (χ1n) is 7.49. The van der Waals surface area contributed by atoms with Crippen molar-refractivity contribution in [3.63, 3.8) is 0 Å². The third-order valence-electron chi connectivity index (χ3n) is 3.54. The molecule has 3 heterocycles. The number of aliphatic hydroxyl groups excluding tert-OH is 1. The van der Waals surface area contributed by atoms with Gasteiger partial charge in [-0.1, -0.05) is 0 Å². The Hall–Kier alpha value is -3.00. The van der Waals surface area contributed by atoms with Crippen molar-refractivity contribution in [2.24, 2.45) is 7.05 Å². The Morgan fingerprint density at radius 2 is 2.17 bits per heavy atom. The van der Waals surface area contributed by atoms with E-state index in [2.05, 4.69) is 25.6 Å². The van der Waals surface area contributed by atoms with Gasteiger partial charge in [-0.15, -0.1) is 0 Å². The third-order valence-corrected chi connectivity index (χ3v) is 3.54. The first-order valence-corrected chi connectivity index (χ1v) is 7.49. The molecule has 0 saturated carbocycles. The molecule has 0 spiro atoms. The van der Waals surface area contributed by atoms with E-state index in [0.717, 1.165) is 5.39 Å². The molecule has 0 unspecified atom stereocenters. The zero-order chi connectivity index (χ0) is 17.1. The van der Waals surface area contributed by atoms with Gasteiger partial charge in [-0.3, -0.25) is 9.78 Å². The molecule has 3 aromatic rings. The fraction of sp³-hybridized carbons (Fsp3) is 0.250. The first-order chi connectivity index (χ1) is 11.6. The fourth-order valence-electron chi connectivity index (χ4n) is 2.30. The van der Waals surface area contributed by atoms with Crippen LogP contribution in [0.25, 0.3) is 10.8 Å². The molecular formula is C16H18N6O2. The summed E-state index contributed by atoms with van der Waals surface area (Å²) in [6, 6.07) is 3.38. The van der Waals surface area contributed by atoms with Crippen molar-refractivity contribution in [3.05, 3.63) is 47.3 Å². The molecule has 3 aromatic heterocycles. The standard InChI is InChI=1S/C16H18N6O2/c1-10(9-23)19-15-14-11(3-6-22(2)16(14)24)7-12(21-15)20-13-8-17-4-5-18-13/h3-8,10,23H,9H2,1-2H3,(H2,18,19,20,21)/t10-/m0/s1. The topological polar surface area (TPSA) is 105 Å². The Balaban J connectivity index is 2.12. The van der Waals surface area contributed by atoms with Crippen LogP contribution in [0.15, 0.2) is 41.7 Å². The number of aromatic nitrogens is 4. The van der Waals surface area contributed by atoms with Crippen LogP contribution in [-0.2, 0) is 7.05 Å². The van der Waals surface area contributed by atoms with Crippen molar-refractivity contribution >= 4 is 28.2 Å². The number of fused-ring (bicyclic) bond motifs is 1. The number of nitrogens with one attached hydrogen (secondary N) is 2. The zero-order valence-corrected chi connectivity index (χ0v) is 13.4. The monoisotopic (exact) mass is 326 g/mol. The highest BCUT2D eigenvalue weighted by Crippen LogP contribution is 2.24. The molecule has 0 aliphatic heterocycles. The van der Waals surface area contributed by atoms with Crippen LogP contribution < -0.4 is 16.2 Å². The SMILES string of the molecule is C[C@@H](CO)Nc1nc(Nc2cnccn2)cc2ccn(C)c(=O)c12. The van der Waals surface area contributed by atoms with Crippen molar-refractivity contribution < 1.29 is 5.11 Å². The van der Waals surface area contributed by atoms with Gasteiger partial charge in [0.05, 0.1) is 18.2 Å². The van der Waals surface area contributed by atoms with E-state index < -0.39 is 0 Å². The van der Waals surface area contributed by atoms with Crippen LogP contribution in [0.3, 0.4) is 0 Å². The molecule has 3 N–H and O–H groups in total. The summed E-state index contributed by atoms with van der Waals surface area (Å²) in [6.07, 6.45) is 6.44. The predicted molar refractivity (Wildman–Crippen MR) is 92.5 cm³/mol. The summed E-state index contributed by atoms with van der Waals surface area (Å²) in [6.45, 7) is 1.74. The molecule has 0 bridgehead atoms. The summed E-state index contributed by atoms with van der Waals surface area (Å²) in [5, 5.41) is 16.7. The molecule has 0 aliphatic carbocycles. The van der Waals surface area contributed by atoms with Crippen LogP contribution in [0.5, 0.6) is 0 Å². The number of nitrogens with zero attached hydrogens (tertiary/aromatic N) is 4.